The Morgan fingerprint density at radius 2 is 2.15 bits per heavy atom. The van der Waals surface area contributed by atoms with Crippen molar-refractivity contribution in [1.82, 2.24) is 0 Å². The molecule has 3 heteroatoms. The lowest BCUT2D eigenvalue weighted by atomic mass is 9.83. The fraction of sp³-hybridized carbons (Fsp3) is 0.647. The van der Waals surface area contributed by atoms with Crippen LogP contribution in [0.15, 0.2) is 18.2 Å². The first-order valence-corrected chi connectivity index (χ1v) is 7.72. The largest absolute Gasteiger partial charge is 0.494 e. The van der Waals surface area contributed by atoms with E-state index in [-0.39, 0.29) is 17.1 Å². The van der Waals surface area contributed by atoms with E-state index in [1.807, 2.05) is 6.07 Å². The summed E-state index contributed by atoms with van der Waals surface area (Å²) in [5, 5.41) is 0. The summed E-state index contributed by atoms with van der Waals surface area (Å²) in [6.07, 6.45) is 7.95. The lowest BCUT2D eigenvalue weighted by Crippen LogP contribution is -2.36. The van der Waals surface area contributed by atoms with Crippen LogP contribution in [0.5, 0.6) is 5.75 Å². The van der Waals surface area contributed by atoms with Crippen molar-refractivity contribution in [1.29, 1.82) is 0 Å². The van der Waals surface area contributed by atoms with Crippen molar-refractivity contribution in [2.24, 2.45) is 11.7 Å². The van der Waals surface area contributed by atoms with Gasteiger partial charge in [-0.05, 0) is 42.9 Å². The summed E-state index contributed by atoms with van der Waals surface area (Å²) in [6.45, 7) is 2.24. The summed E-state index contributed by atoms with van der Waals surface area (Å²) in [4.78, 5) is 0. The summed E-state index contributed by atoms with van der Waals surface area (Å²) in [7, 11) is 1.48. The minimum Gasteiger partial charge on any atom is -0.494 e. The number of benzene rings is 1. The maximum atomic E-state index is 13.9. The van der Waals surface area contributed by atoms with Gasteiger partial charge >= 0.3 is 0 Å². The first kappa shape index (κ1) is 15.3. The van der Waals surface area contributed by atoms with Crippen LogP contribution in [-0.2, 0) is 5.54 Å². The molecule has 2 nitrogen and oxygen atoms in total. The van der Waals surface area contributed by atoms with Crippen LogP contribution in [0.3, 0.4) is 0 Å². The number of methoxy groups -OCH3 is 1. The first-order valence-electron chi connectivity index (χ1n) is 7.72. The molecule has 2 unspecified atom stereocenters. The fourth-order valence-corrected chi connectivity index (χ4v) is 3.40. The zero-order valence-corrected chi connectivity index (χ0v) is 12.6. The standard InChI is InChI=1S/C17H26FNO/c1-3-5-13-6-4-10-17(19,11-9-13)14-7-8-16(20-2)15(18)12-14/h7-8,12-13H,3-6,9-11,19H2,1-2H3. The molecule has 0 aromatic heterocycles. The third-order valence-corrected chi connectivity index (χ3v) is 4.66. The zero-order chi connectivity index (χ0) is 14.6. The number of halogens is 1. The topological polar surface area (TPSA) is 35.2 Å². The number of rotatable bonds is 4. The summed E-state index contributed by atoms with van der Waals surface area (Å²) in [5.74, 6) is 0.757. The van der Waals surface area contributed by atoms with E-state index in [9.17, 15) is 4.39 Å². The molecule has 1 fully saturated rings. The first-order chi connectivity index (χ1) is 9.59. The highest BCUT2D eigenvalue weighted by Gasteiger charge is 2.31. The predicted molar refractivity (Wildman–Crippen MR) is 80.3 cm³/mol. The molecule has 20 heavy (non-hydrogen) atoms. The van der Waals surface area contributed by atoms with Crippen molar-refractivity contribution in [2.75, 3.05) is 7.11 Å². The van der Waals surface area contributed by atoms with E-state index in [4.69, 9.17) is 10.5 Å². The monoisotopic (exact) mass is 279 g/mol. The van der Waals surface area contributed by atoms with Gasteiger partial charge in [-0.25, -0.2) is 4.39 Å². The van der Waals surface area contributed by atoms with E-state index < -0.39 is 0 Å². The van der Waals surface area contributed by atoms with Crippen LogP contribution in [0.4, 0.5) is 4.39 Å². The van der Waals surface area contributed by atoms with Crippen LogP contribution in [-0.4, -0.2) is 7.11 Å². The van der Waals surface area contributed by atoms with E-state index in [0.29, 0.717) is 0 Å². The summed E-state index contributed by atoms with van der Waals surface area (Å²) < 4.78 is 18.9. The van der Waals surface area contributed by atoms with Crippen molar-refractivity contribution in [3.63, 3.8) is 0 Å². The Bertz CT molecular complexity index is 449. The molecule has 2 rings (SSSR count). The van der Waals surface area contributed by atoms with E-state index in [0.717, 1.165) is 37.2 Å². The molecule has 0 amide bonds. The smallest absolute Gasteiger partial charge is 0.165 e. The van der Waals surface area contributed by atoms with Crippen LogP contribution in [0, 0.1) is 11.7 Å². The molecule has 1 saturated carbocycles. The molecule has 0 aliphatic heterocycles. The van der Waals surface area contributed by atoms with Gasteiger partial charge in [-0.1, -0.05) is 38.7 Å². The fourth-order valence-electron chi connectivity index (χ4n) is 3.40. The van der Waals surface area contributed by atoms with Gasteiger partial charge in [0, 0.05) is 5.54 Å². The van der Waals surface area contributed by atoms with E-state index >= 15 is 0 Å². The van der Waals surface area contributed by atoms with Crippen molar-refractivity contribution >= 4 is 0 Å². The Morgan fingerprint density at radius 1 is 1.35 bits per heavy atom. The van der Waals surface area contributed by atoms with Gasteiger partial charge in [-0.2, -0.15) is 0 Å². The zero-order valence-electron chi connectivity index (χ0n) is 12.6. The molecular weight excluding hydrogens is 253 g/mol. The van der Waals surface area contributed by atoms with Gasteiger partial charge in [-0.15, -0.1) is 0 Å². The Balaban J connectivity index is 2.15. The summed E-state index contributed by atoms with van der Waals surface area (Å²) in [5.41, 5.74) is 7.12. The van der Waals surface area contributed by atoms with Crippen molar-refractivity contribution < 1.29 is 9.13 Å². The number of hydrogen-bond donors (Lipinski definition) is 1. The molecule has 1 aromatic rings. The molecule has 0 bridgehead atoms. The minimum atomic E-state index is -0.379. The second kappa shape index (κ2) is 6.57. The minimum absolute atomic E-state index is 0.287. The Kier molecular flexibility index (Phi) is 5.03. The highest BCUT2D eigenvalue weighted by Crippen LogP contribution is 2.38. The Morgan fingerprint density at radius 3 is 2.80 bits per heavy atom. The molecule has 1 aromatic carbocycles. The normalized spacial score (nSPS) is 27.1. The van der Waals surface area contributed by atoms with Gasteiger partial charge in [-0.3, -0.25) is 0 Å². The molecule has 112 valence electrons. The quantitative estimate of drug-likeness (QED) is 0.831. The number of hydrogen-bond acceptors (Lipinski definition) is 2. The molecule has 0 heterocycles. The Hall–Kier alpha value is -1.09. The molecule has 1 aliphatic carbocycles. The van der Waals surface area contributed by atoms with Gasteiger partial charge in [0.1, 0.15) is 0 Å². The van der Waals surface area contributed by atoms with Gasteiger partial charge in [0.15, 0.2) is 11.6 Å². The average molecular weight is 279 g/mol. The van der Waals surface area contributed by atoms with E-state index in [1.54, 1.807) is 12.1 Å². The van der Waals surface area contributed by atoms with E-state index in [2.05, 4.69) is 6.92 Å². The van der Waals surface area contributed by atoms with E-state index in [1.165, 1.54) is 26.4 Å². The molecular formula is C17H26FNO. The molecule has 2 N–H and O–H groups in total. The average Bonchev–Trinajstić information content (AvgIpc) is 2.63. The van der Waals surface area contributed by atoms with Gasteiger partial charge in [0.25, 0.3) is 0 Å². The van der Waals surface area contributed by atoms with Crippen LogP contribution >= 0.6 is 0 Å². The van der Waals surface area contributed by atoms with Gasteiger partial charge < -0.3 is 10.5 Å². The molecule has 1 aliphatic rings. The maximum Gasteiger partial charge on any atom is 0.165 e. The number of ether oxygens (including phenoxy) is 1. The SMILES string of the molecule is CCCC1CCCC(N)(c2ccc(OC)c(F)c2)CC1. The second-order valence-corrected chi connectivity index (χ2v) is 6.09. The van der Waals surface area contributed by atoms with Crippen LogP contribution < -0.4 is 10.5 Å². The third kappa shape index (κ3) is 3.32. The highest BCUT2D eigenvalue weighted by molar-refractivity contribution is 5.33. The van der Waals surface area contributed by atoms with Crippen LogP contribution in [0.25, 0.3) is 0 Å². The van der Waals surface area contributed by atoms with Crippen molar-refractivity contribution in [2.45, 2.75) is 57.4 Å². The van der Waals surface area contributed by atoms with Crippen molar-refractivity contribution in [3.8, 4) is 5.75 Å². The van der Waals surface area contributed by atoms with Crippen molar-refractivity contribution in [3.05, 3.63) is 29.6 Å². The molecule has 0 radical (unpaired) electrons. The molecule has 0 saturated heterocycles. The van der Waals surface area contributed by atoms with Gasteiger partial charge in [0.05, 0.1) is 7.11 Å². The maximum absolute atomic E-state index is 13.9. The molecule has 2 atom stereocenters. The summed E-state index contributed by atoms with van der Waals surface area (Å²) >= 11 is 0. The lowest BCUT2D eigenvalue weighted by Gasteiger charge is -2.29. The van der Waals surface area contributed by atoms with Gasteiger partial charge in [0.2, 0.25) is 0 Å². The number of nitrogens with two attached hydrogens (primary N) is 1. The van der Waals surface area contributed by atoms with Crippen LogP contribution in [0.2, 0.25) is 0 Å². The highest BCUT2D eigenvalue weighted by atomic mass is 19.1. The third-order valence-electron chi connectivity index (χ3n) is 4.66. The second-order valence-electron chi connectivity index (χ2n) is 6.09. The molecule has 0 spiro atoms. The predicted octanol–water partition coefficient (Wildman–Crippen LogP) is 4.37. The Labute approximate surface area is 121 Å². The summed E-state index contributed by atoms with van der Waals surface area (Å²) in [6, 6.07) is 5.16. The lowest BCUT2D eigenvalue weighted by molar-refractivity contribution is 0.360. The van der Waals surface area contributed by atoms with Crippen LogP contribution in [0.1, 0.15) is 57.4 Å².